The Kier molecular flexibility index (Phi) is 4.00. The molecule has 0 unspecified atom stereocenters. The minimum Gasteiger partial charge on any atom is -0.507 e. The van der Waals surface area contributed by atoms with E-state index in [-0.39, 0.29) is 5.75 Å². The molecule has 3 aromatic rings. The number of aryl methyl sites for hydroxylation is 2. The summed E-state index contributed by atoms with van der Waals surface area (Å²) in [7, 11) is 1.58. The summed E-state index contributed by atoms with van der Waals surface area (Å²) in [5, 5.41) is 13.5. The number of hydrogen-bond acceptors (Lipinski definition) is 6. The molecule has 5 nitrogen and oxygen atoms in total. The van der Waals surface area contributed by atoms with Crippen LogP contribution in [0.25, 0.3) is 22.5 Å². The predicted molar refractivity (Wildman–Crippen MR) is 91.0 cm³/mol. The van der Waals surface area contributed by atoms with E-state index in [1.807, 2.05) is 38.3 Å². The lowest BCUT2D eigenvalue weighted by molar-refractivity contribution is 0.403. The van der Waals surface area contributed by atoms with Crippen molar-refractivity contribution in [3.8, 4) is 34.0 Å². The number of phenolic OH excluding ortho intramolecular Hbond substituents is 1. The Morgan fingerprint density at radius 3 is 2.52 bits per heavy atom. The third-order valence-electron chi connectivity index (χ3n) is 3.66. The van der Waals surface area contributed by atoms with Crippen LogP contribution < -0.4 is 4.74 Å². The number of benzene rings is 1. The van der Waals surface area contributed by atoms with Crippen molar-refractivity contribution < 1.29 is 9.84 Å². The van der Waals surface area contributed by atoms with Crippen LogP contribution in [0.3, 0.4) is 0 Å². The van der Waals surface area contributed by atoms with Crippen LogP contribution in [0.15, 0.2) is 23.7 Å². The molecule has 0 amide bonds. The van der Waals surface area contributed by atoms with Crippen molar-refractivity contribution in [1.29, 1.82) is 0 Å². The van der Waals surface area contributed by atoms with Gasteiger partial charge in [-0.15, -0.1) is 11.3 Å². The molecule has 0 spiro atoms. The summed E-state index contributed by atoms with van der Waals surface area (Å²) in [4.78, 5) is 13.3. The quantitative estimate of drug-likeness (QED) is 0.790. The molecule has 3 rings (SSSR count). The molecule has 2 aromatic heterocycles. The molecule has 6 heteroatoms. The van der Waals surface area contributed by atoms with Crippen molar-refractivity contribution in [2.75, 3.05) is 7.11 Å². The number of hydrogen-bond donors (Lipinski definition) is 1. The number of nitrogens with zero attached hydrogens (tertiary/aromatic N) is 3. The van der Waals surface area contributed by atoms with Crippen LogP contribution >= 0.6 is 11.3 Å². The molecule has 1 aromatic carbocycles. The van der Waals surface area contributed by atoms with Crippen molar-refractivity contribution >= 4 is 11.3 Å². The molecule has 118 valence electrons. The van der Waals surface area contributed by atoms with E-state index >= 15 is 0 Å². The molecule has 0 saturated carbocycles. The Bertz CT molecular complexity index is 874. The molecule has 0 bridgehead atoms. The van der Waals surface area contributed by atoms with Gasteiger partial charge in [-0.1, -0.05) is 0 Å². The summed E-state index contributed by atoms with van der Waals surface area (Å²) in [6.07, 6.45) is 1.76. The van der Waals surface area contributed by atoms with Crippen LogP contribution in [0.5, 0.6) is 11.5 Å². The van der Waals surface area contributed by atoms with Gasteiger partial charge >= 0.3 is 0 Å². The highest BCUT2D eigenvalue weighted by Crippen LogP contribution is 2.40. The molecule has 0 saturated heterocycles. The van der Waals surface area contributed by atoms with E-state index in [1.54, 1.807) is 24.6 Å². The first-order chi connectivity index (χ1) is 11.0. The van der Waals surface area contributed by atoms with Gasteiger partial charge in [0.1, 0.15) is 17.3 Å². The zero-order valence-electron chi connectivity index (χ0n) is 13.4. The van der Waals surface area contributed by atoms with Gasteiger partial charge < -0.3 is 9.84 Å². The second kappa shape index (κ2) is 5.96. The van der Waals surface area contributed by atoms with E-state index in [0.717, 1.165) is 16.3 Å². The second-order valence-electron chi connectivity index (χ2n) is 5.22. The van der Waals surface area contributed by atoms with Crippen LogP contribution in [0.2, 0.25) is 0 Å². The fraction of sp³-hybridized carbons (Fsp3) is 0.235. The Morgan fingerprint density at radius 2 is 1.87 bits per heavy atom. The highest BCUT2D eigenvalue weighted by Gasteiger charge is 2.18. The third kappa shape index (κ3) is 2.77. The van der Waals surface area contributed by atoms with Crippen molar-refractivity contribution in [2.24, 2.45) is 0 Å². The van der Waals surface area contributed by atoms with E-state index < -0.39 is 0 Å². The summed E-state index contributed by atoms with van der Waals surface area (Å²) >= 11 is 1.57. The standard InChI is InChI=1S/C17H17N3O2S/c1-9-15(22-4)6-5-12(17(9)21)16-13(7-18-10(2)19-16)14-8-23-11(3)20-14/h5-8,21H,1-4H3. The second-order valence-corrected chi connectivity index (χ2v) is 6.28. The van der Waals surface area contributed by atoms with Gasteiger partial charge in [-0.25, -0.2) is 15.0 Å². The molecule has 0 fully saturated rings. The molecule has 23 heavy (non-hydrogen) atoms. The number of phenols is 1. The SMILES string of the molecule is COc1ccc(-c2nc(C)ncc2-c2csc(C)n2)c(O)c1C. The Labute approximate surface area is 138 Å². The Hall–Kier alpha value is -2.47. The first-order valence-electron chi connectivity index (χ1n) is 7.14. The normalized spacial score (nSPS) is 10.8. The highest BCUT2D eigenvalue weighted by molar-refractivity contribution is 7.09. The van der Waals surface area contributed by atoms with E-state index in [1.165, 1.54) is 0 Å². The lowest BCUT2D eigenvalue weighted by atomic mass is 10.0. The minimum atomic E-state index is 0.163. The first-order valence-corrected chi connectivity index (χ1v) is 8.02. The van der Waals surface area contributed by atoms with E-state index in [0.29, 0.717) is 28.4 Å². The zero-order chi connectivity index (χ0) is 16.6. The Morgan fingerprint density at radius 1 is 1.09 bits per heavy atom. The number of aromatic hydroxyl groups is 1. The van der Waals surface area contributed by atoms with Gasteiger partial charge in [0, 0.05) is 28.3 Å². The van der Waals surface area contributed by atoms with Crippen LogP contribution in [-0.4, -0.2) is 27.2 Å². The van der Waals surface area contributed by atoms with Gasteiger partial charge in [0.2, 0.25) is 0 Å². The first kappa shape index (κ1) is 15.4. The number of ether oxygens (including phenoxy) is 1. The lowest BCUT2D eigenvalue weighted by Crippen LogP contribution is -1.97. The topological polar surface area (TPSA) is 68.1 Å². The fourth-order valence-electron chi connectivity index (χ4n) is 2.44. The molecule has 0 aliphatic rings. The molecule has 0 atom stereocenters. The predicted octanol–water partition coefficient (Wildman–Crippen LogP) is 3.91. The van der Waals surface area contributed by atoms with Gasteiger partial charge in [0.15, 0.2) is 0 Å². The van der Waals surface area contributed by atoms with Crippen molar-refractivity contribution in [2.45, 2.75) is 20.8 Å². The van der Waals surface area contributed by atoms with Gasteiger partial charge in [-0.2, -0.15) is 0 Å². The Balaban J connectivity index is 2.24. The maximum absolute atomic E-state index is 10.6. The third-order valence-corrected chi connectivity index (χ3v) is 4.43. The van der Waals surface area contributed by atoms with E-state index in [4.69, 9.17) is 4.74 Å². The molecular weight excluding hydrogens is 310 g/mol. The van der Waals surface area contributed by atoms with Gasteiger partial charge in [-0.3, -0.25) is 0 Å². The number of thiazole rings is 1. The summed E-state index contributed by atoms with van der Waals surface area (Å²) in [5.74, 6) is 1.45. The smallest absolute Gasteiger partial charge is 0.131 e. The largest absolute Gasteiger partial charge is 0.507 e. The van der Waals surface area contributed by atoms with Crippen molar-refractivity contribution in [1.82, 2.24) is 15.0 Å². The monoisotopic (exact) mass is 327 g/mol. The van der Waals surface area contributed by atoms with Crippen molar-refractivity contribution in [3.63, 3.8) is 0 Å². The van der Waals surface area contributed by atoms with E-state index in [9.17, 15) is 5.11 Å². The van der Waals surface area contributed by atoms with Gasteiger partial charge in [0.05, 0.1) is 23.5 Å². The summed E-state index contributed by atoms with van der Waals surface area (Å²) in [6, 6.07) is 3.64. The average Bonchev–Trinajstić information content (AvgIpc) is 2.96. The van der Waals surface area contributed by atoms with Crippen LogP contribution in [0.4, 0.5) is 0 Å². The summed E-state index contributed by atoms with van der Waals surface area (Å²) < 4.78 is 5.26. The maximum atomic E-state index is 10.6. The number of methoxy groups -OCH3 is 1. The van der Waals surface area contributed by atoms with Gasteiger partial charge in [-0.05, 0) is 32.9 Å². The molecule has 2 heterocycles. The molecule has 0 radical (unpaired) electrons. The van der Waals surface area contributed by atoms with Crippen molar-refractivity contribution in [3.05, 3.63) is 40.1 Å². The lowest BCUT2D eigenvalue weighted by Gasteiger charge is -2.13. The summed E-state index contributed by atoms with van der Waals surface area (Å²) in [6.45, 7) is 5.60. The molecule has 0 aliphatic carbocycles. The van der Waals surface area contributed by atoms with Crippen LogP contribution in [0.1, 0.15) is 16.4 Å². The zero-order valence-corrected chi connectivity index (χ0v) is 14.2. The summed E-state index contributed by atoms with van der Waals surface area (Å²) in [5.41, 5.74) is 3.62. The number of rotatable bonds is 3. The molecule has 1 N–H and O–H groups in total. The van der Waals surface area contributed by atoms with Crippen LogP contribution in [-0.2, 0) is 0 Å². The molecular formula is C17H17N3O2S. The highest BCUT2D eigenvalue weighted by atomic mass is 32.1. The molecule has 0 aliphatic heterocycles. The minimum absolute atomic E-state index is 0.163. The average molecular weight is 327 g/mol. The van der Waals surface area contributed by atoms with Crippen LogP contribution in [0, 0.1) is 20.8 Å². The van der Waals surface area contributed by atoms with Gasteiger partial charge in [0.25, 0.3) is 0 Å². The number of aromatic nitrogens is 3. The van der Waals surface area contributed by atoms with E-state index in [2.05, 4.69) is 15.0 Å². The maximum Gasteiger partial charge on any atom is 0.131 e. The fourth-order valence-corrected chi connectivity index (χ4v) is 3.06.